The Bertz CT molecular complexity index is 1600. The molecule has 5 nitrogen and oxygen atoms in total. The molecule has 39 heavy (non-hydrogen) atoms. The number of thiophene rings is 2. The van der Waals surface area contributed by atoms with E-state index in [2.05, 4.69) is 84.0 Å². The van der Waals surface area contributed by atoms with Crippen LogP contribution in [0.2, 0.25) is 0 Å². The number of hydrogen-bond donors (Lipinski definition) is 1. The van der Waals surface area contributed by atoms with E-state index in [0.29, 0.717) is 5.56 Å². The first-order chi connectivity index (χ1) is 18.8. The number of benzene rings is 2. The number of carboxylic acid groups (broad SMARTS) is 1. The van der Waals surface area contributed by atoms with Crippen LogP contribution >= 0.6 is 22.7 Å². The first-order valence-corrected chi connectivity index (χ1v) is 14.7. The Labute approximate surface area is 236 Å². The SMILES string of the molecule is C[N+]1=C(C=Cc2ccc(-c3ccc(-c4ccc(N5CCOCC5)cc4)s3)s2)C(C)(C)c2cc(C(=O)O)ccc21. The third-order valence-corrected chi connectivity index (χ3v) is 10.1. The second-order valence-corrected chi connectivity index (χ2v) is 12.7. The number of ether oxygens (including phenoxy) is 1. The highest BCUT2D eigenvalue weighted by molar-refractivity contribution is 7.24. The van der Waals surface area contributed by atoms with E-state index >= 15 is 0 Å². The molecule has 2 aromatic heterocycles. The molecule has 0 unspecified atom stereocenters. The van der Waals surface area contributed by atoms with Gasteiger partial charge in [0.15, 0.2) is 5.71 Å². The summed E-state index contributed by atoms with van der Waals surface area (Å²) >= 11 is 3.61. The molecule has 0 saturated carbocycles. The van der Waals surface area contributed by atoms with Crippen LogP contribution in [0.15, 0.2) is 72.8 Å². The zero-order valence-electron chi connectivity index (χ0n) is 22.3. The first kappa shape index (κ1) is 25.7. The van der Waals surface area contributed by atoms with Gasteiger partial charge in [-0.3, -0.25) is 0 Å². The zero-order chi connectivity index (χ0) is 27.1. The molecule has 0 bridgehead atoms. The quantitative estimate of drug-likeness (QED) is 0.252. The molecule has 2 aromatic carbocycles. The predicted octanol–water partition coefficient (Wildman–Crippen LogP) is 7.40. The van der Waals surface area contributed by atoms with Gasteiger partial charge in [0.05, 0.1) is 24.2 Å². The number of carboxylic acids is 1. The van der Waals surface area contributed by atoms with Crippen LogP contribution in [0.25, 0.3) is 26.3 Å². The van der Waals surface area contributed by atoms with Crippen LogP contribution in [-0.2, 0) is 10.2 Å². The van der Waals surface area contributed by atoms with Crippen molar-refractivity contribution in [2.75, 3.05) is 38.3 Å². The zero-order valence-corrected chi connectivity index (χ0v) is 23.9. The normalized spacial score (nSPS) is 16.7. The molecule has 198 valence electrons. The van der Waals surface area contributed by atoms with E-state index in [4.69, 9.17) is 4.74 Å². The Hall–Kier alpha value is -3.52. The Balaban J connectivity index is 1.18. The molecule has 1 saturated heterocycles. The predicted molar refractivity (Wildman–Crippen MR) is 162 cm³/mol. The van der Waals surface area contributed by atoms with Crippen LogP contribution in [0.3, 0.4) is 0 Å². The van der Waals surface area contributed by atoms with Gasteiger partial charge in [-0.1, -0.05) is 12.1 Å². The highest BCUT2D eigenvalue weighted by Crippen LogP contribution is 2.41. The highest BCUT2D eigenvalue weighted by atomic mass is 32.1. The van der Waals surface area contributed by atoms with Crippen molar-refractivity contribution in [2.45, 2.75) is 19.3 Å². The number of fused-ring (bicyclic) bond motifs is 1. The van der Waals surface area contributed by atoms with Crippen LogP contribution in [0.1, 0.15) is 34.6 Å². The molecular formula is C32H31N2O3S2+. The Kier molecular flexibility index (Phi) is 6.75. The van der Waals surface area contributed by atoms with Crippen molar-refractivity contribution < 1.29 is 19.2 Å². The first-order valence-electron chi connectivity index (χ1n) is 13.1. The summed E-state index contributed by atoms with van der Waals surface area (Å²) in [6, 6.07) is 23.1. The summed E-state index contributed by atoms with van der Waals surface area (Å²) < 4.78 is 7.64. The maximum atomic E-state index is 11.5. The van der Waals surface area contributed by atoms with Crippen molar-refractivity contribution in [3.63, 3.8) is 0 Å². The summed E-state index contributed by atoms with van der Waals surface area (Å²) in [4.78, 5) is 18.9. The monoisotopic (exact) mass is 555 g/mol. The van der Waals surface area contributed by atoms with E-state index in [9.17, 15) is 9.90 Å². The van der Waals surface area contributed by atoms with Crippen molar-refractivity contribution in [1.82, 2.24) is 0 Å². The molecule has 2 aliphatic rings. The van der Waals surface area contributed by atoms with Crippen LogP contribution in [0.4, 0.5) is 11.4 Å². The lowest BCUT2D eigenvalue weighted by molar-refractivity contribution is -0.401. The number of morpholine rings is 1. The topological polar surface area (TPSA) is 52.8 Å². The van der Waals surface area contributed by atoms with Crippen LogP contribution in [-0.4, -0.2) is 54.7 Å². The molecule has 4 heterocycles. The van der Waals surface area contributed by atoms with Gasteiger partial charge in [0, 0.05) is 56.0 Å². The summed E-state index contributed by atoms with van der Waals surface area (Å²) in [6.45, 7) is 7.79. The number of allylic oxidation sites excluding steroid dienone is 1. The standard InChI is InChI=1S/C32H30N2O3S2/c1-32(2)25-20-22(31(35)36)6-11-26(25)33(3)30(32)15-10-24-9-12-28(38-24)29-14-13-27(39-29)21-4-7-23(8-5-21)34-16-18-37-19-17-34/h4-15,20H,16-19H2,1-3H3/p+1. The summed E-state index contributed by atoms with van der Waals surface area (Å²) in [7, 11) is 2.05. The van der Waals surface area contributed by atoms with Crippen molar-refractivity contribution >= 4 is 51.8 Å². The summed E-state index contributed by atoms with van der Waals surface area (Å²) in [6.07, 6.45) is 4.34. The van der Waals surface area contributed by atoms with E-state index < -0.39 is 5.97 Å². The lowest BCUT2D eigenvalue weighted by atomic mass is 9.81. The number of aromatic carboxylic acids is 1. The fraction of sp³-hybridized carbons (Fsp3) is 0.250. The maximum absolute atomic E-state index is 11.5. The lowest BCUT2D eigenvalue weighted by Crippen LogP contribution is -2.36. The molecule has 2 aliphatic heterocycles. The largest absolute Gasteiger partial charge is 0.478 e. The minimum Gasteiger partial charge on any atom is -0.478 e. The molecule has 6 rings (SSSR count). The van der Waals surface area contributed by atoms with Crippen molar-refractivity contribution in [3.8, 4) is 20.2 Å². The van der Waals surface area contributed by atoms with E-state index in [1.165, 1.54) is 30.8 Å². The molecule has 0 amide bonds. The van der Waals surface area contributed by atoms with Crippen LogP contribution in [0.5, 0.6) is 0 Å². The number of hydrogen-bond acceptors (Lipinski definition) is 5. The second kappa shape index (κ2) is 10.2. The van der Waals surface area contributed by atoms with Gasteiger partial charge < -0.3 is 14.7 Å². The minimum absolute atomic E-state index is 0.286. The average Bonchev–Trinajstić information content (AvgIpc) is 3.67. The molecule has 0 aliphatic carbocycles. The van der Waals surface area contributed by atoms with Gasteiger partial charge in [0.2, 0.25) is 5.69 Å². The third kappa shape index (κ3) is 4.86. The smallest absolute Gasteiger partial charge is 0.335 e. The van der Waals surface area contributed by atoms with E-state index in [1.54, 1.807) is 17.4 Å². The lowest BCUT2D eigenvalue weighted by Gasteiger charge is -2.28. The van der Waals surface area contributed by atoms with Gasteiger partial charge in [0.25, 0.3) is 0 Å². The fourth-order valence-electron chi connectivity index (χ4n) is 5.49. The van der Waals surface area contributed by atoms with Crippen molar-refractivity contribution in [1.29, 1.82) is 0 Å². The van der Waals surface area contributed by atoms with Crippen LogP contribution in [0, 0.1) is 0 Å². The Morgan fingerprint density at radius 1 is 0.923 bits per heavy atom. The molecule has 1 N–H and O–H groups in total. The van der Waals surface area contributed by atoms with E-state index in [0.717, 1.165) is 43.3 Å². The Morgan fingerprint density at radius 3 is 2.36 bits per heavy atom. The van der Waals surface area contributed by atoms with Gasteiger partial charge >= 0.3 is 5.97 Å². The van der Waals surface area contributed by atoms with Crippen LogP contribution < -0.4 is 4.90 Å². The molecular weight excluding hydrogens is 524 g/mol. The minimum atomic E-state index is -0.895. The second-order valence-electron chi connectivity index (χ2n) is 10.5. The van der Waals surface area contributed by atoms with E-state index in [-0.39, 0.29) is 5.41 Å². The fourth-order valence-corrected chi connectivity index (χ4v) is 7.50. The van der Waals surface area contributed by atoms with Gasteiger partial charge in [-0.25, -0.2) is 4.79 Å². The number of anilines is 1. The maximum Gasteiger partial charge on any atom is 0.335 e. The molecule has 0 radical (unpaired) electrons. The highest BCUT2D eigenvalue weighted by Gasteiger charge is 2.43. The van der Waals surface area contributed by atoms with Gasteiger partial charge in [-0.15, -0.1) is 22.7 Å². The number of carbonyl (C=O) groups is 1. The van der Waals surface area contributed by atoms with Gasteiger partial charge in [0.1, 0.15) is 7.05 Å². The molecule has 0 atom stereocenters. The number of nitrogens with zero attached hydrogens (tertiary/aromatic N) is 2. The molecule has 7 heteroatoms. The summed E-state index contributed by atoms with van der Waals surface area (Å²) in [5.74, 6) is -0.895. The molecule has 0 spiro atoms. The summed E-state index contributed by atoms with van der Waals surface area (Å²) in [5.41, 5.74) is 5.79. The van der Waals surface area contributed by atoms with E-state index in [1.807, 2.05) is 30.5 Å². The molecule has 4 aromatic rings. The van der Waals surface area contributed by atoms with Crippen molar-refractivity contribution in [3.05, 3.63) is 88.8 Å². The molecule has 1 fully saturated rings. The average molecular weight is 556 g/mol. The van der Waals surface area contributed by atoms with Crippen molar-refractivity contribution in [2.24, 2.45) is 0 Å². The van der Waals surface area contributed by atoms with Gasteiger partial charge in [-0.2, -0.15) is 4.58 Å². The summed E-state index contributed by atoms with van der Waals surface area (Å²) in [5, 5.41) is 9.46. The third-order valence-electron chi connectivity index (χ3n) is 7.69. The Morgan fingerprint density at radius 2 is 1.62 bits per heavy atom. The van der Waals surface area contributed by atoms with Gasteiger partial charge in [-0.05, 0) is 74.0 Å². The number of rotatable bonds is 6.